The highest BCUT2D eigenvalue weighted by Gasteiger charge is 2.14. The van der Waals surface area contributed by atoms with Crippen LogP contribution < -0.4 is 5.73 Å². The molecule has 0 saturated carbocycles. The number of rotatable bonds is 3. The fourth-order valence-corrected chi connectivity index (χ4v) is 2.93. The Morgan fingerprint density at radius 3 is 2.69 bits per heavy atom. The van der Waals surface area contributed by atoms with E-state index in [1.165, 1.54) is 0 Å². The molecule has 6 heteroatoms. The molecule has 0 unspecified atom stereocenters. The molecule has 6 nitrogen and oxygen atoms in total. The third-order valence-electron chi connectivity index (χ3n) is 4.19. The fourth-order valence-electron chi connectivity index (χ4n) is 2.93. The highest BCUT2D eigenvalue weighted by atomic mass is 15.3. The van der Waals surface area contributed by atoms with Crippen molar-refractivity contribution in [3.8, 4) is 17.3 Å². The molecule has 0 aliphatic carbocycles. The summed E-state index contributed by atoms with van der Waals surface area (Å²) in [7, 11) is 0. The van der Waals surface area contributed by atoms with Crippen LogP contribution in [-0.2, 0) is 6.54 Å². The van der Waals surface area contributed by atoms with Crippen molar-refractivity contribution in [2.45, 2.75) is 13.5 Å². The van der Waals surface area contributed by atoms with Gasteiger partial charge >= 0.3 is 0 Å². The highest BCUT2D eigenvalue weighted by molar-refractivity contribution is 5.90. The summed E-state index contributed by atoms with van der Waals surface area (Å²) in [5, 5.41) is 14.5. The minimum Gasteiger partial charge on any atom is -0.399 e. The summed E-state index contributed by atoms with van der Waals surface area (Å²) in [5.74, 6) is 0.661. The van der Waals surface area contributed by atoms with Crippen LogP contribution in [0.1, 0.15) is 17.0 Å². The summed E-state index contributed by atoms with van der Waals surface area (Å²) in [6.07, 6.45) is 1.78. The molecule has 2 aromatic heterocycles. The first-order chi connectivity index (χ1) is 12.6. The number of hydrogen-bond donors (Lipinski definition) is 1. The first-order valence-electron chi connectivity index (χ1n) is 8.19. The number of fused-ring (bicyclic) bond motifs is 1. The molecule has 0 aliphatic rings. The second-order valence-corrected chi connectivity index (χ2v) is 6.09. The van der Waals surface area contributed by atoms with Crippen LogP contribution >= 0.6 is 0 Å². The molecular formula is C20H16N6. The van der Waals surface area contributed by atoms with E-state index in [2.05, 4.69) is 21.1 Å². The molecule has 0 saturated heterocycles. The minimum atomic E-state index is 0.595. The molecule has 0 bridgehead atoms. The van der Waals surface area contributed by atoms with Crippen LogP contribution in [0.3, 0.4) is 0 Å². The lowest BCUT2D eigenvalue weighted by Crippen LogP contribution is -2.04. The minimum absolute atomic E-state index is 0.595. The number of nitriles is 1. The second-order valence-electron chi connectivity index (χ2n) is 6.09. The summed E-state index contributed by atoms with van der Waals surface area (Å²) in [4.78, 5) is 9.17. The molecular weight excluding hydrogens is 324 g/mol. The van der Waals surface area contributed by atoms with Crippen molar-refractivity contribution in [2.75, 3.05) is 5.73 Å². The summed E-state index contributed by atoms with van der Waals surface area (Å²) in [5.41, 5.74) is 10.6. The molecule has 2 N–H and O–H groups in total. The molecule has 4 rings (SSSR count). The number of anilines is 1. The van der Waals surface area contributed by atoms with Crippen molar-refractivity contribution in [2.24, 2.45) is 0 Å². The number of aryl methyl sites for hydroxylation is 1. The van der Waals surface area contributed by atoms with Gasteiger partial charge in [-0.2, -0.15) is 10.4 Å². The lowest BCUT2D eigenvalue weighted by atomic mass is 10.1. The quantitative estimate of drug-likeness (QED) is 0.578. The van der Waals surface area contributed by atoms with E-state index in [1.807, 2.05) is 54.1 Å². The molecule has 0 amide bonds. The molecule has 2 heterocycles. The summed E-state index contributed by atoms with van der Waals surface area (Å²) in [6.45, 7) is 2.45. The zero-order valence-corrected chi connectivity index (χ0v) is 14.2. The summed E-state index contributed by atoms with van der Waals surface area (Å²) >= 11 is 0. The largest absolute Gasteiger partial charge is 0.399 e. The van der Waals surface area contributed by atoms with Crippen LogP contribution in [0.2, 0.25) is 0 Å². The highest BCUT2D eigenvalue weighted by Crippen LogP contribution is 2.27. The van der Waals surface area contributed by atoms with Crippen LogP contribution in [0.4, 0.5) is 5.69 Å². The number of benzene rings is 2. The number of nitrogens with two attached hydrogens (primary N) is 1. The van der Waals surface area contributed by atoms with Crippen molar-refractivity contribution >= 4 is 16.7 Å². The number of hydrogen-bond acceptors (Lipinski definition) is 5. The number of aromatic nitrogens is 4. The molecule has 0 aliphatic heterocycles. The van der Waals surface area contributed by atoms with E-state index in [0.29, 0.717) is 17.9 Å². The average Bonchev–Trinajstić information content (AvgIpc) is 3.05. The number of nitrogens with zero attached hydrogens (tertiary/aromatic N) is 5. The Morgan fingerprint density at radius 2 is 1.92 bits per heavy atom. The Bertz CT molecular complexity index is 1140. The average molecular weight is 340 g/mol. The summed E-state index contributed by atoms with van der Waals surface area (Å²) in [6, 6.07) is 17.3. The molecule has 126 valence electrons. The smallest absolute Gasteiger partial charge is 0.162 e. The van der Waals surface area contributed by atoms with Gasteiger partial charge in [-0.05, 0) is 36.8 Å². The lowest BCUT2D eigenvalue weighted by molar-refractivity contribution is 0.702. The first-order valence-corrected chi connectivity index (χ1v) is 8.19. The Morgan fingerprint density at radius 1 is 1.12 bits per heavy atom. The molecule has 0 fully saturated rings. The predicted octanol–water partition coefficient (Wildman–Crippen LogP) is 3.30. The van der Waals surface area contributed by atoms with Crippen LogP contribution in [-0.4, -0.2) is 19.7 Å². The van der Waals surface area contributed by atoms with E-state index < -0.39 is 0 Å². The Kier molecular flexibility index (Phi) is 3.82. The van der Waals surface area contributed by atoms with Crippen molar-refractivity contribution < 1.29 is 0 Å². The van der Waals surface area contributed by atoms with E-state index in [4.69, 9.17) is 11.0 Å². The maximum absolute atomic E-state index is 9.16. The molecule has 4 aromatic rings. The van der Waals surface area contributed by atoms with Gasteiger partial charge in [0.05, 0.1) is 35.5 Å². The van der Waals surface area contributed by atoms with Gasteiger partial charge in [-0.1, -0.05) is 24.3 Å². The lowest BCUT2D eigenvalue weighted by Gasteiger charge is -2.07. The van der Waals surface area contributed by atoms with Gasteiger partial charge in [0.1, 0.15) is 5.82 Å². The van der Waals surface area contributed by atoms with E-state index in [9.17, 15) is 0 Å². The van der Waals surface area contributed by atoms with Crippen molar-refractivity contribution in [1.82, 2.24) is 19.7 Å². The third kappa shape index (κ3) is 2.87. The van der Waals surface area contributed by atoms with Gasteiger partial charge < -0.3 is 5.73 Å². The van der Waals surface area contributed by atoms with Crippen LogP contribution in [0, 0.1) is 18.3 Å². The van der Waals surface area contributed by atoms with E-state index in [-0.39, 0.29) is 0 Å². The third-order valence-corrected chi connectivity index (χ3v) is 4.19. The van der Waals surface area contributed by atoms with Crippen LogP contribution in [0.15, 0.2) is 54.7 Å². The van der Waals surface area contributed by atoms with Crippen molar-refractivity contribution in [1.29, 1.82) is 5.26 Å². The van der Waals surface area contributed by atoms with E-state index in [1.54, 1.807) is 12.3 Å². The topological polar surface area (TPSA) is 93.4 Å². The Labute approximate surface area is 150 Å². The zero-order chi connectivity index (χ0) is 18.1. The summed E-state index contributed by atoms with van der Waals surface area (Å²) < 4.78 is 1.85. The Hall–Kier alpha value is -3.72. The van der Waals surface area contributed by atoms with Crippen molar-refractivity contribution in [3.63, 3.8) is 0 Å². The van der Waals surface area contributed by atoms with Gasteiger partial charge in [-0.15, -0.1) is 0 Å². The zero-order valence-electron chi connectivity index (χ0n) is 14.2. The molecule has 0 spiro atoms. The van der Waals surface area contributed by atoms with Crippen LogP contribution in [0.5, 0.6) is 0 Å². The normalized spacial score (nSPS) is 10.8. The standard InChI is InChI=1S/C20H16N6/c1-13-24-19(16-4-2-3-15(9-16)10-21)18-11-23-26(20(18)25-13)12-14-5-7-17(22)8-6-14/h2-9,11H,12,22H2,1H3. The molecule has 0 radical (unpaired) electrons. The van der Waals surface area contributed by atoms with E-state index >= 15 is 0 Å². The molecule has 26 heavy (non-hydrogen) atoms. The molecule has 2 aromatic carbocycles. The fraction of sp³-hybridized carbons (Fsp3) is 0.100. The van der Waals surface area contributed by atoms with Gasteiger partial charge in [0, 0.05) is 11.3 Å². The van der Waals surface area contributed by atoms with E-state index in [0.717, 1.165) is 33.5 Å². The van der Waals surface area contributed by atoms with Gasteiger partial charge in [0.2, 0.25) is 0 Å². The molecule has 0 atom stereocenters. The monoisotopic (exact) mass is 340 g/mol. The SMILES string of the molecule is Cc1nc(-c2cccc(C#N)c2)c2cnn(Cc3ccc(N)cc3)c2n1. The second kappa shape index (κ2) is 6.30. The van der Waals surface area contributed by atoms with Gasteiger partial charge in [0.15, 0.2) is 5.65 Å². The maximum atomic E-state index is 9.16. The van der Waals surface area contributed by atoms with Crippen LogP contribution in [0.25, 0.3) is 22.3 Å². The van der Waals surface area contributed by atoms with Gasteiger partial charge in [0.25, 0.3) is 0 Å². The predicted molar refractivity (Wildman–Crippen MR) is 100 cm³/mol. The van der Waals surface area contributed by atoms with Gasteiger partial charge in [-0.25, -0.2) is 14.6 Å². The first kappa shape index (κ1) is 15.8. The maximum Gasteiger partial charge on any atom is 0.162 e. The number of nitrogen functional groups attached to an aromatic ring is 1. The van der Waals surface area contributed by atoms with Crippen molar-refractivity contribution in [3.05, 3.63) is 71.7 Å². The Balaban J connectivity index is 1.82. The van der Waals surface area contributed by atoms with Gasteiger partial charge in [-0.3, -0.25) is 0 Å².